The fraction of sp³-hybridized carbons (Fsp3) is 0.600. The van der Waals surface area contributed by atoms with E-state index in [4.69, 9.17) is 5.11 Å². The Labute approximate surface area is 261 Å². The highest BCUT2D eigenvalue weighted by molar-refractivity contribution is 8.77. The summed E-state index contributed by atoms with van der Waals surface area (Å²) in [6.45, 7) is 24.0. The van der Waals surface area contributed by atoms with Gasteiger partial charge < -0.3 is 14.9 Å². The standard InChI is InChI=1S/C12H17O3PS2.C12H18OS2.C6H15N/c1-12(2,3)18-17-11-7-5-4-6-10(11)8-9-15-16(13)14;1-12(2,3)15-14-11-7-5-4-6-10(11)8-9-13;1-4-7(5-2)6-3/h4-7H,8-9H2,1-3H3;4-7,13H,8-9H2,1-3H3;4-6H2,1-3H3/p+1. The van der Waals surface area contributed by atoms with E-state index in [0.717, 1.165) is 12.0 Å². The van der Waals surface area contributed by atoms with Gasteiger partial charge in [0.05, 0.1) is 19.6 Å². The number of aliphatic hydroxyl groups excluding tert-OH is 1. The van der Waals surface area contributed by atoms with Crippen molar-refractivity contribution in [2.24, 2.45) is 0 Å². The van der Waals surface area contributed by atoms with Crippen LogP contribution >= 0.6 is 51.4 Å². The minimum Gasteiger partial charge on any atom is -0.566 e. The summed E-state index contributed by atoms with van der Waals surface area (Å²) in [5, 5.41) is 8.96. The van der Waals surface area contributed by atoms with Gasteiger partial charge in [-0.05, 0) is 55.0 Å². The van der Waals surface area contributed by atoms with Crippen LogP contribution in [0.1, 0.15) is 73.4 Å². The second-order valence-electron chi connectivity index (χ2n) is 10.9. The quantitative estimate of drug-likeness (QED) is 0.171. The van der Waals surface area contributed by atoms with Gasteiger partial charge in [0.25, 0.3) is 0 Å². The van der Waals surface area contributed by atoms with E-state index < -0.39 is 8.25 Å². The van der Waals surface area contributed by atoms with Gasteiger partial charge in [-0.15, -0.1) is 4.52 Å². The maximum Gasteiger partial charge on any atom is 0.488 e. The molecule has 228 valence electrons. The molecular weight excluding hydrogens is 598 g/mol. The third-order valence-electron chi connectivity index (χ3n) is 5.16. The van der Waals surface area contributed by atoms with E-state index in [9.17, 15) is 9.46 Å². The largest absolute Gasteiger partial charge is 0.566 e. The molecule has 0 saturated carbocycles. The molecule has 0 amide bonds. The van der Waals surface area contributed by atoms with Gasteiger partial charge in [0, 0.05) is 32.3 Å². The lowest BCUT2D eigenvalue weighted by Gasteiger charge is -2.17. The zero-order valence-electron chi connectivity index (χ0n) is 25.8. The Kier molecular flexibility index (Phi) is 22.2. The molecule has 0 aliphatic heterocycles. The van der Waals surface area contributed by atoms with Crippen molar-refractivity contribution >= 4 is 51.4 Å². The lowest BCUT2D eigenvalue weighted by atomic mass is 10.2. The highest BCUT2D eigenvalue weighted by Gasteiger charge is 2.14. The second-order valence-corrected chi connectivity index (χ2v) is 17.6. The van der Waals surface area contributed by atoms with Crippen LogP contribution in [-0.2, 0) is 21.9 Å². The van der Waals surface area contributed by atoms with Gasteiger partial charge in [-0.3, -0.25) is 0 Å². The molecule has 0 saturated heterocycles. The predicted octanol–water partition coefficient (Wildman–Crippen LogP) is 7.49. The molecule has 0 aromatic heterocycles. The smallest absolute Gasteiger partial charge is 0.488 e. The van der Waals surface area contributed by atoms with Gasteiger partial charge in [-0.1, -0.05) is 121 Å². The first-order chi connectivity index (χ1) is 18.8. The summed E-state index contributed by atoms with van der Waals surface area (Å²) < 4.78 is 15.4. The van der Waals surface area contributed by atoms with E-state index >= 15 is 0 Å². The minimum atomic E-state index is -2.74. The summed E-state index contributed by atoms with van der Waals surface area (Å²) in [5.41, 5.74) is 2.36. The SMILES string of the molecule is CC(C)(C)SSc1ccccc1CCO.CC(C)(C)SSc1ccccc1CCO[P+](=O)[O-].CC[NH+](CC)CC. The summed E-state index contributed by atoms with van der Waals surface area (Å²) in [6, 6.07) is 16.3. The molecule has 0 fully saturated rings. The molecule has 10 heteroatoms. The Morgan fingerprint density at radius 2 is 1.18 bits per heavy atom. The summed E-state index contributed by atoms with van der Waals surface area (Å²) in [7, 11) is 4.44. The van der Waals surface area contributed by atoms with Crippen LogP contribution in [0.5, 0.6) is 0 Å². The Hall–Kier alpha value is -0.220. The summed E-state index contributed by atoms with van der Waals surface area (Å²) in [5.74, 6) is 0. The summed E-state index contributed by atoms with van der Waals surface area (Å²) in [6.07, 6.45) is 1.35. The molecule has 2 aromatic rings. The van der Waals surface area contributed by atoms with Crippen molar-refractivity contribution in [2.75, 3.05) is 32.8 Å². The molecule has 0 spiro atoms. The van der Waals surface area contributed by atoms with Crippen LogP contribution in [0.3, 0.4) is 0 Å². The van der Waals surface area contributed by atoms with Crippen molar-refractivity contribution in [1.82, 2.24) is 0 Å². The Morgan fingerprint density at radius 3 is 1.50 bits per heavy atom. The van der Waals surface area contributed by atoms with Gasteiger partial charge in [-0.2, -0.15) is 0 Å². The van der Waals surface area contributed by atoms with Crippen molar-refractivity contribution in [3.63, 3.8) is 0 Å². The van der Waals surface area contributed by atoms with Crippen molar-refractivity contribution in [2.45, 2.75) is 94.4 Å². The molecule has 0 aliphatic rings. The molecule has 0 radical (unpaired) electrons. The zero-order valence-corrected chi connectivity index (χ0v) is 30.0. The van der Waals surface area contributed by atoms with E-state index in [1.807, 2.05) is 41.1 Å². The molecule has 40 heavy (non-hydrogen) atoms. The van der Waals surface area contributed by atoms with E-state index in [0.29, 0.717) is 6.42 Å². The van der Waals surface area contributed by atoms with Crippen LogP contribution in [-0.4, -0.2) is 47.4 Å². The van der Waals surface area contributed by atoms with E-state index in [2.05, 4.69) is 85.0 Å². The van der Waals surface area contributed by atoms with Crippen molar-refractivity contribution in [3.8, 4) is 0 Å². The van der Waals surface area contributed by atoms with Gasteiger partial charge in [0.1, 0.15) is 6.61 Å². The normalized spacial score (nSPS) is 11.8. The number of nitrogens with one attached hydrogen (secondary N) is 1. The maximum absolute atomic E-state index is 10.3. The first-order valence-corrected chi connectivity index (χ1v) is 19.2. The fourth-order valence-electron chi connectivity index (χ4n) is 3.02. The molecule has 2 aromatic carbocycles. The lowest BCUT2D eigenvalue weighted by molar-refractivity contribution is -0.894. The molecule has 2 rings (SSSR count). The molecule has 0 aliphatic carbocycles. The first-order valence-electron chi connectivity index (χ1n) is 13.8. The average molecular weight is 649 g/mol. The van der Waals surface area contributed by atoms with Crippen LogP contribution in [0.15, 0.2) is 58.3 Å². The third-order valence-corrected chi connectivity index (χ3v) is 12.5. The molecule has 2 N–H and O–H groups in total. The van der Waals surface area contributed by atoms with Crippen LogP contribution in [0.4, 0.5) is 0 Å². The fourth-order valence-corrected chi connectivity index (χ4v) is 7.78. The topological polar surface area (TPSA) is 74.0 Å². The highest BCUT2D eigenvalue weighted by Crippen LogP contribution is 2.42. The molecule has 0 heterocycles. The number of quaternary nitrogens is 1. The Bertz CT molecular complexity index is 942. The monoisotopic (exact) mass is 648 g/mol. The number of benzene rings is 2. The molecule has 5 nitrogen and oxygen atoms in total. The summed E-state index contributed by atoms with van der Waals surface area (Å²) in [4.78, 5) is 14.5. The van der Waals surface area contributed by atoms with Gasteiger partial charge in [0.2, 0.25) is 0 Å². The van der Waals surface area contributed by atoms with Crippen LogP contribution in [0, 0.1) is 0 Å². The number of rotatable bonds is 13. The van der Waals surface area contributed by atoms with E-state index in [1.165, 1.54) is 35.0 Å². The first kappa shape index (κ1) is 39.8. The Balaban J connectivity index is 0.000000624. The van der Waals surface area contributed by atoms with Gasteiger partial charge in [0.15, 0.2) is 0 Å². The second kappa shape index (κ2) is 22.3. The van der Waals surface area contributed by atoms with Crippen LogP contribution in [0.25, 0.3) is 0 Å². The number of hydrogen-bond acceptors (Lipinski definition) is 8. The average Bonchev–Trinajstić information content (AvgIpc) is 2.88. The van der Waals surface area contributed by atoms with Gasteiger partial charge in [-0.25, -0.2) is 0 Å². The molecule has 0 bridgehead atoms. The van der Waals surface area contributed by atoms with Gasteiger partial charge >= 0.3 is 8.25 Å². The molecular formula is C30H51NO4PS4+. The predicted molar refractivity (Wildman–Crippen MR) is 180 cm³/mol. The Morgan fingerprint density at radius 1 is 0.775 bits per heavy atom. The zero-order chi connectivity index (χ0) is 30.6. The number of aliphatic hydroxyl groups is 1. The van der Waals surface area contributed by atoms with Crippen LogP contribution in [0.2, 0.25) is 0 Å². The minimum absolute atomic E-state index is 0.187. The van der Waals surface area contributed by atoms with E-state index in [1.54, 1.807) is 37.3 Å². The van der Waals surface area contributed by atoms with Crippen molar-refractivity contribution in [1.29, 1.82) is 0 Å². The molecule has 1 unspecified atom stereocenters. The lowest BCUT2D eigenvalue weighted by Crippen LogP contribution is -3.11. The number of hydrogen-bond donors (Lipinski definition) is 2. The third kappa shape index (κ3) is 21.5. The van der Waals surface area contributed by atoms with E-state index in [-0.39, 0.29) is 22.7 Å². The molecule has 1 atom stereocenters. The van der Waals surface area contributed by atoms with Crippen molar-refractivity contribution in [3.05, 3.63) is 59.7 Å². The van der Waals surface area contributed by atoms with Crippen molar-refractivity contribution < 1.29 is 24.0 Å². The maximum atomic E-state index is 10.3. The highest BCUT2D eigenvalue weighted by atomic mass is 33.1. The summed E-state index contributed by atoms with van der Waals surface area (Å²) >= 11 is 0. The van der Waals surface area contributed by atoms with Crippen LogP contribution < -0.4 is 9.79 Å².